The zero-order valence-corrected chi connectivity index (χ0v) is 16.4. The van der Waals surface area contributed by atoms with E-state index < -0.39 is 11.6 Å². The van der Waals surface area contributed by atoms with Crippen LogP contribution in [-0.2, 0) is 4.79 Å². The number of pyridine rings is 2. The average molecular weight is 447 g/mol. The second-order valence-corrected chi connectivity index (χ2v) is 7.61. The van der Waals surface area contributed by atoms with Crippen molar-refractivity contribution in [3.8, 4) is 0 Å². The van der Waals surface area contributed by atoms with Gasteiger partial charge < -0.3 is 10.2 Å². The van der Waals surface area contributed by atoms with Crippen molar-refractivity contribution >= 4 is 44.2 Å². The number of amides is 1. The third-order valence-electron chi connectivity index (χ3n) is 4.96. The van der Waals surface area contributed by atoms with Gasteiger partial charge in [-0.25, -0.2) is 13.8 Å². The molecule has 144 valence electrons. The number of anilines is 2. The van der Waals surface area contributed by atoms with Crippen LogP contribution in [0.1, 0.15) is 12.8 Å². The molecule has 3 heterocycles. The van der Waals surface area contributed by atoms with E-state index in [0.29, 0.717) is 37.4 Å². The fourth-order valence-electron chi connectivity index (χ4n) is 3.50. The summed E-state index contributed by atoms with van der Waals surface area (Å²) in [7, 11) is 0. The van der Waals surface area contributed by atoms with E-state index >= 15 is 0 Å². The highest BCUT2D eigenvalue weighted by Gasteiger charge is 2.27. The van der Waals surface area contributed by atoms with Gasteiger partial charge in [0.2, 0.25) is 5.91 Å². The van der Waals surface area contributed by atoms with Gasteiger partial charge in [0.05, 0.1) is 11.1 Å². The van der Waals surface area contributed by atoms with Gasteiger partial charge in [0.15, 0.2) is 0 Å². The average Bonchev–Trinajstić information content (AvgIpc) is 2.72. The minimum absolute atomic E-state index is 0.0266. The van der Waals surface area contributed by atoms with E-state index in [1.807, 2.05) is 11.0 Å². The first-order chi connectivity index (χ1) is 13.5. The van der Waals surface area contributed by atoms with E-state index in [1.165, 1.54) is 6.20 Å². The Morgan fingerprint density at radius 2 is 1.82 bits per heavy atom. The van der Waals surface area contributed by atoms with Crippen molar-refractivity contribution in [3.05, 3.63) is 58.8 Å². The molecule has 4 rings (SSSR count). The van der Waals surface area contributed by atoms with Crippen molar-refractivity contribution in [2.75, 3.05) is 23.3 Å². The minimum Gasteiger partial charge on any atom is -0.371 e. The largest absolute Gasteiger partial charge is 0.371 e. The topological polar surface area (TPSA) is 58.1 Å². The number of rotatable bonds is 3. The van der Waals surface area contributed by atoms with Crippen LogP contribution in [0, 0.1) is 17.6 Å². The summed E-state index contributed by atoms with van der Waals surface area (Å²) in [6.07, 6.45) is 4.34. The molecule has 1 aromatic carbocycles. The number of carbonyl (C=O) groups excluding carboxylic acids is 1. The summed E-state index contributed by atoms with van der Waals surface area (Å²) >= 11 is 3.31. The van der Waals surface area contributed by atoms with E-state index in [1.54, 1.807) is 18.3 Å². The third-order valence-corrected chi connectivity index (χ3v) is 5.42. The van der Waals surface area contributed by atoms with Crippen LogP contribution in [-0.4, -0.2) is 29.0 Å². The Labute approximate surface area is 168 Å². The van der Waals surface area contributed by atoms with Gasteiger partial charge in [-0.3, -0.25) is 9.78 Å². The lowest BCUT2D eigenvalue weighted by atomic mass is 9.95. The van der Waals surface area contributed by atoms with E-state index in [-0.39, 0.29) is 22.7 Å². The maximum absolute atomic E-state index is 14.3. The fraction of sp³-hybridized carbons (Fsp3) is 0.250. The van der Waals surface area contributed by atoms with Crippen LogP contribution >= 0.6 is 15.9 Å². The first-order valence-electron chi connectivity index (χ1n) is 8.93. The molecular formula is C20H17BrF2N4O. The lowest BCUT2D eigenvalue weighted by molar-refractivity contribution is -0.120. The number of piperidine rings is 1. The van der Waals surface area contributed by atoms with Crippen LogP contribution in [0.2, 0.25) is 0 Å². The molecule has 5 nitrogen and oxygen atoms in total. The quantitative estimate of drug-likeness (QED) is 0.642. The summed E-state index contributed by atoms with van der Waals surface area (Å²) < 4.78 is 29.2. The number of nitrogens with one attached hydrogen (secondary N) is 1. The summed E-state index contributed by atoms with van der Waals surface area (Å²) in [6.45, 7) is 1.14. The second kappa shape index (κ2) is 7.79. The molecule has 3 aromatic rings. The van der Waals surface area contributed by atoms with Gasteiger partial charge in [-0.2, -0.15) is 0 Å². The summed E-state index contributed by atoms with van der Waals surface area (Å²) in [5.74, 6) is -0.772. The molecule has 0 spiro atoms. The standard InChI is InChI=1S/C20H17BrF2N4O/c21-13-1-4-17(25-11-13)26-20(28)12-6-9-27(10-7-12)16-5-8-24-19-15(23)3-2-14(22)18(16)19/h1-5,8,11-12H,6-7,9-10H2,(H,25,26,28). The molecule has 0 bridgehead atoms. The van der Waals surface area contributed by atoms with E-state index in [2.05, 4.69) is 31.2 Å². The highest BCUT2D eigenvalue weighted by Crippen LogP contribution is 2.32. The number of nitrogens with zero attached hydrogens (tertiary/aromatic N) is 3. The van der Waals surface area contributed by atoms with Crippen LogP contribution in [0.3, 0.4) is 0 Å². The highest BCUT2D eigenvalue weighted by atomic mass is 79.9. The number of aromatic nitrogens is 2. The van der Waals surface area contributed by atoms with Crippen molar-refractivity contribution in [1.29, 1.82) is 0 Å². The van der Waals surface area contributed by atoms with Gasteiger partial charge >= 0.3 is 0 Å². The lowest BCUT2D eigenvalue weighted by Gasteiger charge is -2.33. The summed E-state index contributed by atoms with van der Waals surface area (Å²) in [5, 5.41) is 3.02. The summed E-state index contributed by atoms with van der Waals surface area (Å²) in [4.78, 5) is 22.6. The highest BCUT2D eigenvalue weighted by molar-refractivity contribution is 9.10. The van der Waals surface area contributed by atoms with Crippen molar-refractivity contribution < 1.29 is 13.6 Å². The van der Waals surface area contributed by atoms with Crippen LogP contribution in [0.25, 0.3) is 10.9 Å². The predicted molar refractivity (Wildman–Crippen MR) is 107 cm³/mol. The molecule has 1 saturated heterocycles. The number of carbonyl (C=O) groups is 1. The number of benzene rings is 1. The molecule has 0 atom stereocenters. The zero-order valence-electron chi connectivity index (χ0n) is 14.8. The van der Waals surface area contributed by atoms with E-state index in [4.69, 9.17) is 0 Å². The molecule has 1 aliphatic heterocycles. The van der Waals surface area contributed by atoms with Gasteiger partial charge in [-0.05, 0) is 59.1 Å². The first-order valence-corrected chi connectivity index (χ1v) is 9.72. The van der Waals surface area contributed by atoms with Crippen LogP contribution in [0.5, 0.6) is 0 Å². The molecule has 0 aliphatic carbocycles. The van der Waals surface area contributed by atoms with Gasteiger partial charge in [0, 0.05) is 35.9 Å². The smallest absolute Gasteiger partial charge is 0.228 e. The van der Waals surface area contributed by atoms with Crippen molar-refractivity contribution in [3.63, 3.8) is 0 Å². The summed E-state index contributed by atoms with van der Waals surface area (Å²) in [6, 6.07) is 7.44. The Hall–Kier alpha value is -2.61. The maximum atomic E-state index is 14.3. The molecule has 8 heteroatoms. The Kier molecular flexibility index (Phi) is 5.21. The fourth-order valence-corrected chi connectivity index (χ4v) is 3.74. The molecular weight excluding hydrogens is 430 g/mol. The van der Waals surface area contributed by atoms with Gasteiger partial charge in [-0.15, -0.1) is 0 Å². The Morgan fingerprint density at radius 3 is 2.54 bits per heavy atom. The Morgan fingerprint density at radius 1 is 1.07 bits per heavy atom. The molecule has 1 N–H and O–H groups in total. The molecule has 1 fully saturated rings. The van der Waals surface area contributed by atoms with Crippen LogP contribution < -0.4 is 10.2 Å². The third kappa shape index (κ3) is 3.69. The van der Waals surface area contributed by atoms with Gasteiger partial charge in [0.25, 0.3) is 0 Å². The lowest BCUT2D eigenvalue weighted by Crippen LogP contribution is -2.38. The van der Waals surface area contributed by atoms with Gasteiger partial charge in [-0.1, -0.05) is 0 Å². The SMILES string of the molecule is O=C(Nc1ccc(Br)cn1)C1CCN(c2ccnc3c(F)ccc(F)c23)CC1. The van der Waals surface area contributed by atoms with Crippen molar-refractivity contribution in [2.45, 2.75) is 12.8 Å². The Balaban J connectivity index is 1.47. The first kappa shape index (κ1) is 18.7. The molecule has 0 saturated carbocycles. The molecule has 1 aliphatic rings. The second-order valence-electron chi connectivity index (χ2n) is 6.70. The van der Waals surface area contributed by atoms with Gasteiger partial charge in [0.1, 0.15) is 23.0 Å². The molecule has 2 aromatic heterocycles. The Bertz CT molecular complexity index is 1020. The molecule has 0 unspecified atom stereocenters. The van der Waals surface area contributed by atoms with Crippen molar-refractivity contribution in [1.82, 2.24) is 9.97 Å². The van der Waals surface area contributed by atoms with Crippen LogP contribution in [0.15, 0.2) is 47.2 Å². The monoisotopic (exact) mass is 446 g/mol. The number of hydrogen-bond acceptors (Lipinski definition) is 4. The molecule has 28 heavy (non-hydrogen) atoms. The molecule has 1 amide bonds. The normalized spacial score (nSPS) is 15.0. The number of hydrogen-bond donors (Lipinski definition) is 1. The van der Waals surface area contributed by atoms with E-state index in [9.17, 15) is 13.6 Å². The van der Waals surface area contributed by atoms with Crippen LogP contribution in [0.4, 0.5) is 20.3 Å². The predicted octanol–water partition coefficient (Wildman–Crippen LogP) is 4.53. The summed E-state index contributed by atoms with van der Waals surface area (Å²) in [5.41, 5.74) is 0.633. The molecule has 0 radical (unpaired) electrons. The zero-order chi connectivity index (χ0) is 19.7. The van der Waals surface area contributed by atoms with Crippen molar-refractivity contribution in [2.24, 2.45) is 5.92 Å². The maximum Gasteiger partial charge on any atom is 0.228 e. The number of fused-ring (bicyclic) bond motifs is 1. The minimum atomic E-state index is -0.547. The number of halogens is 3. The van der Waals surface area contributed by atoms with E-state index in [0.717, 1.165) is 16.6 Å².